The Kier molecular flexibility index (Phi) is 8.24. The van der Waals surface area contributed by atoms with Gasteiger partial charge in [-0.25, -0.2) is 13.4 Å². The topological polar surface area (TPSA) is 108 Å². The Morgan fingerprint density at radius 2 is 1.91 bits per heavy atom. The first kappa shape index (κ1) is 25.0. The number of aryl methyl sites for hydroxylation is 1. The molecule has 35 heavy (non-hydrogen) atoms. The monoisotopic (exact) mass is 512 g/mol. The van der Waals surface area contributed by atoms with Gasteiger partial charge in [0.05, 0.1) is 41.2 Å². The molecule has 0 unspecified atom stereocenters. The van der Waals surface area contributed by atoms with E-state index in [1.54, 1.807) is 48.7 Å². The summed E-state index contributed by atoms with van der Waals surface area (Å²) in [6.45, 7) is 6.88. The Bertz CT molecular complexity index is 1310. The molecule has 1 fully saturated rings. The zero-order chi connectivity index (χ0) is 24.7. The first-order valence-corrected chi connectivity index (χ1v) is 13.2. The number of aromatic nitrogens is 1. The van der Waals surface area contributed by atoms with Crippen molar-refractivity contribution in [2.24, 2.45) is 5.10 Å². The van der Waals surface area contributed by atoms with Crippen LogP contribution in [0.1, 0.15) is 11.3 Å². The van der Waals surface area contributed by atoms with Gasteiger partial charge in [0.2, 0.25) is 0 Å². The molecule has 0 atom stereocenters. The highest BCUT2D eigenvalue weighted by Gasteiger charge is 2.16. The molecule has 4 rings (SSSR count). The fourth-order valence-electron chi connectivity index (χ4n) is 3.59. The molecular weight excluding hydrogens is 484 g/mol. The molecule has 0 bridgehead atoms. The number of hydrazone groups is 1. The first-order valence-electron chi connectivity index (χ1n) is 11.3. The predicted molar refractivity (Wildman–Crippen MR) is 142 cm³/mol. The number of benzene rings is 2. The van der Waals surface area contributed by atoms with Crippen LogP contribution in [0.4, 0.5) is 5.69 Å². The second-order valence-corrected chi connectivity index (χ2v) is 10.2. The lowest BCUT2D eigenvalue weighted by molar-refractivity contribution is 0.0389. The van der Waals surface area contributed by atoms with Crippen LogP contribution < -0.4 is 15.5 Å². The fourth-order valence-corrected chi connectivity index (χ4v) is 4.81. The van der Waals surface area contributed by atoms with E-state index in [4.69, 9.17) is 17.0 Å². The molecule has 3 N–H and O–H groups in total. The van der Waals surface area contributed by atoms with Crippen molar-refractivity contribution in [3.63, 3.8) is 0 Å². The SMILES string of the molecule is Cc1ccc(S(=O)(=O)Nc2cccc3ccc(/C=N/NC(=S)NCCN4CCOCC4)nc23)cc1. The molecule has 0 amide bonds. The average molecular weight is 513 g/mol. The van der Waals surface area contributed by atoms with Crippen molar-refractivity contribution in [2.45, 2.75) is 11.8 Å². The Morgan fingerprint density at radius 3 is 2.69 bits per heavy atom. The molecule has 2 aromatic carbocycles. The molecule has 0 spiro atoms. The Labute approximate surface area is 210 Å². The second kappa shape index (κ2) is 11.5. The van der Waals surface area contributed by atoms with Gasteiger partial charge in [0.25, 0.3) is 10.0 Å². The lowest BCUT2D eigenvalue weighted by Crippen LogP contribution is -2.42. The highest BCUT2D eigenvalue weighted by Crippen LogP contribution is 2.24. The standard InChI is InChI=1S/C24H28N6O3S2/c1-18-5-9-21(10-6-18)35(31,32)29-22-4-2-3-19-7-8-20(27-23(19)22)17-26-28-24(34)25-11-12-30-13-15-33-16-14-30/h2-10,17,29H,11-16H2,1H3,(H2,25,28,34)/b26-17+. The van der Waals surface area contributed by atoms with Crippen LogP contribution in [0.3, 0.4) is 0 Å². The third kappa shape index (κ3) is 6.95. The molecular formula is C24H28N6O3S2. The molecule has 184 valence electrons. The maximum Gasteiger partial charge on any atom is 0.261 e. The van der Waals surface area contributed by atoms with Crippen LogP contribution in [0, 0.1) is 6.92 Å². The van der Waals surface area contributed by atoms with Gasteiger partial charge in [-0.3, -0.25) is 15.0 Å². The average Bonchev–Trinajstić information content (AvgIpc) is 2.85. The zero-order valence-corrected chi connectivity index (χ0v) is 21.0. The largest absolute Gasteiger partial charge is 0.379 e. The van der Waals surface area contributed by atoms with Crippen molar-refractivity contribution in [1.82, 2.24) is 20.6 Å². The van der Waals surface area contributed by atoms with Gasteiger partial charge in [0.1, 0.15) is 0 Å². The van der Waals surface area contributed by atoms with Gasteiger partial charge in [-0.05, 0) is 43.4 Å². The van der Waals surface area contributed by atoms with Crippen molar-refractivity contribution in [2.75, 3.05) is 44.1 Å². The van der Waals surface area contributed by atoms with Crippen LogP contribution in [0.5, 0.6) is 0 Å². The summed E-state index contributed by atoms with van der Waals surface area (Å²) in [6.07, 6.45) is 1.54. The highest BCUT2D eigenvalue weighted by molar-refractivity contribution is 7.92. The van der Waals surface area contributed by atoms with Crippen molar-refractivity contribution in [3.8, 4) is 0 Å². The molecule has 0 saturated carbocycles. The van der Waals surface area contributed by atoms with Crippen LogP contribution in [0.25, 0.3) is 10.9 Å². The number of rotatable bonds is 8. The molecule has 1 aromatic heterocycles. The van der Waals surface area contributed by atoms with Crippen molar-refractivity contribution in [1.29, 1.82) is 0 Å². The summed E-state index contributed by atoms with van der Waals surface area (Å²) in [6, 6.07) is 15.7. The van der Waals surface area contributed by atoms with Crippen LogP contribution in [-0.2, 0) is 14.8 Å². The van der Waals surface area contributed by atoms with Crippen LogP contribution >= 0.6 is 12.2 Å². The Morgan fingerprint density at radius 1 is 1.14 bits per heavy atom. The molecule has 0 radical (unpaired) electrons. The molecule has 1 aliphatic heterocycles. The molecule has 0 aliphatic carbocycles. The van der Waals surface area contributed by atoms with Gasteiger partial charge in [-0.15, -0.1) is 0 Å². The van der Waals surface area contributed by atoms with E-state index in [0.717, 1.165) is 43.8 Å². The normalized spacial score (nSPS) is 14.8. The number of ether oxygens (including phenoxy) is 1. The van der Waals surface area contributed by atoms with Gasteiger partial charge >= 0.3 is 0 Å². The summed E-state index contributed by atoms with van der Waals surface area (Å²) >= 11 is 5.27. The van der Waals surface area contributed by atoms with Crippen LogP contribution in [-0.4, -0.2) is 69.0 Å². The lowest BCUT2D eigenvalue weighted by Gasteiger charge is -2.26. The highest BCUT2D eigenvalue weighted by atomic mass is 32.2. The molecule has 1 saturated heterocycles. The second-order valence-electron chi connectivity index (χ2n) is 8.11. The van der Waals surface area contributed by atoms with E-state index in [0.29, 0.717) is 28.6 Å². The van der Waals surface area contributed by atoms with Gasteiger partial charge in [-0.1, -0.05) is 35.9 Å². The van der Waals surface area contributed by atoms with E-state index in [1.165, 1.54) is 0 Å². The number of fused-ring (bicyclic) bond motifs is 1. The molecule has 1 aliphatic rings. The van der Waals surface area contributed by atoms with E-state index in [-0.39, 0.29) is 4.90 Å². The van der Waals surface area contributed by atoms with E-state index >= 15 is 0 Å². The van der Waals surface area contributed by atoms with Gasteiger partial charge in [0.15, 0.2) is 5.11 Å². The van der Waals surface area contributed by atoms with E-state index in [1.807, 2.05) is 19.1 Å². The van der Waals surface area contributed by atoms with Gasteiger partial charge < -0.3 is 10.1 Å². The molecule has 9 nitrogen and oxygen atoms in total. The lowest BCUT2D eigenvalue weighted by atomic mass is 10.2. The van der Waals surface area contributed by atoms with Crippen molar-refractivity contribution in [3.05, 3.63) is 65.9 Å². The molecule has 3 aromatic rings. The number of nitrogens with zero attached hydrogens (tertiary/aromatic N) is 3. The van der Waals surface area contributed by atoms with Crippen LogP contribution in [0.15, 0.2) is 64.6 Å². The Balaban J connectivity index is 1.39. The molecule has 2 heterocycles. The zero-order valence-electron chi connectivity index (χ0n) is 19.4. The summed E-state index contributed by atoms with van der Waals surface area (Å²) in [5.74, 6) is 0. The summed E-state index contributed by atoms with van der Waals surface area (Å²) in [4.78, 5) is 7.09. The van der Waals surface area contributed by atoms with Gasteiger partial charge in [-0.2, -0.15) is 5.10 Å². The van der Waals surface area contributed by atoms with Gasteiger partial charge in [0, 0.05) is 31.6 Å². The van der Waals surface area contributed by atoms with E-state index in [9.17, 15) is 8.42 Å². The summed E-state index contributed by atoms with van der Waals surface area (Å²) in [5, 5.41) is 8.51. The fraction of sp³-hybridized carbons (Fsp3) is 0.292. The maximum atomic E-state index is 12.9. The number of para-hydroxylation sites is 1. The van der Waals surface area contributed by atoms with E-state index in [2.05, 4.69) is 30.4 Å². The summed E-state index contributed by atoms with van der Waals surface area (Å²) in [5.41, 5.74) is 5.26. The van der Waals surface area contributed by atoms with Crippen molar-refractivity contribution >= 4 is 50.2 Å². The smallest absolute Gasteiger partial charge is 0.261 e. The van der Waals surface area contributed by atoms with E-state index < -0.39 is 10.0 Å². The van der Waals surface area contributed by atoms with Crippen LogP contribution in [0.2, 0.25) is 0 Å². The minimum absolute atomic E-state index is 0.191. The first-order chi connectivity index (χ1) is 16.9. The Hall–Kier alpha value is -3.12. The number of anilines is 1. The van der Waals surface area contributed by atoms with Crippen molar-refractivity contribution < 1.29 is 13.2 Å². The number of sulfonamides is 1. The predicted octanol–water partition coefficient (Wildman–Crippen LogP) is 2.47. The number of thiocarbonyl (C=S) groups is 1. The number of hydrogen-bond donors (Lipinski definition) is 3. The number of pyridine rings is 1. The summed E-state index contributed by atoms with van der Waals surface area (Å²) < 4.78 is 33.7. The minimum Gasteiger partial charge on any atom is -0.379 e. The maximum absolute atomic E-state index is 12.9. The number of hydrogen-bond acceptors (Lipinski definition) is 7. The summed E-state index contributed by atoms with van der Waals surface area (Å²) in [7, 11) is -3.75. The number of morpholine rings is 1. The number of nitrogens with one attached hydrogen (secondary N) is 3. The quantitative estimate of drug-likeness (QED) is 0.240. The third-order valence-electron chi connectivity index (χ3n) is 5.50. The third-order valence-corrected chi connectivity index (χ3v) is 7.11. The molecule has 11 heteroatoms. The minimum atomic E-state index is -3.75.